The predicted molar refractivity (Wildman–Crippen MR) is 93.8 cm³/mol. The van der Waals surface area contributed by atoms with Gasteiger partial charge in [0.1, 0.15) is 5.75 Å². The fourth-order valence-corrected chi connectivity index (χ4v) is 2.35. The Morgan fingerprint density at radius 1 is 1.16 bits per heavy atom. The molecule has 3 rings (SSSR count). The molecule has 0 saturated carbocycles. The number of carbonyl (C=O) groups excluding carboxylic acids is 1. The molecule has 0 bridgehead atoms. The summed E-state index contributed by atoms with van der Waals surface area (Å²) < 4.78 is 10.1. The molecule has 0 aliphatic heterocycles. The first-order valence-corrected chi connectivity index (χ1v) is 8.04. The standard InChI is InChI=1S/C18H16ClN3O3/c1-24-15-8-4-13(5-9-15)16-21-18(25-22-16)17(23)20-11-10-12-2-6-14(19)7-3-12/h2-9H,10-11H2,1H3,(H,20,23). The zero-order valence-electron chi connectivity index (χ0n) is 13.5. The Bertz CT molecular complexity index is 845. The van der Waals surface area contributed by atoms with Crippen molar-refractivity contribution in [1.29, 1.82) is 0 Å². The van der Waals surface area contributed by atoms with Crippen molar-refractivity contribution in [1.82, 2.24) is 15.5 Å². The normalized spacial score (nSPS) is 10.5. The minimum Gasteiger partial charge on any atom is -0.497 e. The number of aromatic nitrogens is 2. The van der Waals surface area contributed by atoms with Crippen LogP contribution in [0.2, 0.25) is 5.02 Å². The number of benzene rings is 2. The highest BCUT2D eigenvalue weighted by atomic mass is 35.5. The summed E-state index contributed by atoms with van der Waals surface area (Å²) in [4.78, 5) is 16.2. The van der Waals surface area contributed by atoms with Crippen molar-refractivity contribution in [3.8, 4) is 17.1 Å². The molecule has 128 valence electrons. The van der Waals surface area contributed by atoms with Crippen LogP contribution in [0, 0.1) is 0 Å². The van der Waals surface area contributed by atoms with Crippen LogP contribution in [-0.2, 0) is 6.42 Å². The quantitative estimate of drug-likeness (QED) is 0.731. The monoisotopic (exact) mass is 357 g/mol. The van der Waals surface area contributed by atoms with Crippen LogP contribution in [-0.4, -0.2) is 29.7 Å². The summed E-state index contributed by atoms with van der Waals surface area (Å²) in [5, 5.41) is 7.28. The van der Waals surface area contributed by atoms with E-state index in [1.54, 1.807) is 31.4 Å². The Morgan fingerprint density at radius 2 is 1.88 bits per heavy atom. The summed E-state index contributed by atoms with van der Waals surface area (Å²) in [5.74, 6) is 0.612. The second-order valence-electron chi connectivity index (χ2n) is 5.28. The third kappa shape index (κ3) is 4.36. The lowest BCUT2D eigenvalue weighted by Gasteiger charge is -2.02. The van der Waals surface area contributed by atoms with Gasteiger partial charge in [-0.3, -0.25) is 4.79 Å². The highest BCUT2D eigenvalue weighted by Gasteiger charge is 2.15. The molecule has 0 spiro atoms. The van der Waals surface area contributed by atoms with Crippen molar-refractivity contribution in [2.24, 2.45) is 0 Å². The average molecular weight is 358 g/mol. The number of methoxy groups -OCH3 is 1. The first kappa shape index (κ1) is 17.0. The van der Waals surface area contributed by atoms with Gasteiger partial charge in [0, 0.05) is 17.1 Å². The molecular formula is C18H16ClN3O3. The van der Waals surface area contributed by atoms with Crippen molar-refractivity contribution >= 4 is 17.5 Å². The molecule has 0 fully saturated rings. The molecule has 7 heteroatoms. The van der Waals surface area contributed by atoms with Gasteiger partial charge in [-0.1, -0.05) is 28.9 Å². The molecule has 1 amide bonds. The van der Waals surface area contributed by atoms with E-state index in [2.05, 4.69) is 15.5 Å². The molecule has 0 unspecified atom stereocenters. The van der Waals surface area contributed by atoms with Crippen LogP contribution in [0.5, 0.6) is 5.75 Å². The van der Waals surface area contributed by atoms with Gasteiger partial charge in [0.2, 0.25) is 5.82 Å². The summed E-state index contributed by atoms with van der Waals surface area (Å²) in [6.45, 7) is 0.459. The van der Waals surface area contributed by atoms with Gasteiger partial charge < -0.3 is 14.6 Å². The first-order valence-electron chi connectivity index (χ1n) is 7.66. The number of hydrogen-bond donors (Lipinski definition) is 1. The van der Waals surface area contributed by atoms with Crippen LogP contribution in [0.4, 0.5) is 0 Å². The summed E-state index contributed by atoms with van der Waals surface area (Å²) in [6, 6.07) is 14.6. The van der Waals surface area contributed by atoms with Crippen LogP contribution in [0.15, 0.2) is 53.1 Å². The smallest absolute Gasteiger partial charge is 0.316 e. The molecule has 0 radical (unpaired) electrons. The van der Waals surface area contributed by atoms with Crippen LogP contribution >= 0.6 is 11.6 Å². The van der Waals surface area contributed by atoms with Gasteiger partial charge >= 0.3 is 11.8 Å². The van der Waals surface area contributed by atoms with Crippen LogP contribution < -0.4 is 10.1 Å². The molecule has 0 atom stereocenters. The number of halogens is 1. The van der Waals surface area contributed by atoms with E-state index in [9.17, 15) is 4.79 Å². The third-order valence-electron chi connectivity index (χ3n) is 3.58. The van der Waals surface area contributed by atoms with E-state index in [4.69, 9.17) is 20.9 Å². The Kier molecular flexibility index (Phi) is 5.30. The second-order valence-corrected chi connectivity index (χ2v) is 5.72. The number of ether oxygens (including phenoxy) is 1. The lowest BCUT2D eigenvalue weighted by atomic mass is 10.1. The number of hydrogen-bond acceptors (Lipinski definition) is 5. The molecule has 3 aromatic rings. The molecule has 0 aliphatic carbocycles. The van der Waals surface area contributed by atoms with Crippen molar-refractivity contribution in [3.63, 3.8) is 0 Å². The van der Waals surface area contributed by atoms with E-state index < -0.39 is 5.91 Å². The van der Waals surface area contributed by atoms with Crippen LogP contribution in [0.3, 0.4) is 0 Å². The molecule has 6 nitrogen and oxygen atoms in total. The molecule has 25 heavy (non-hydrogen) atoms. The highest BCUT2D eigenvalue weighted by Crippen LogP contribution is 2.19. The van der Waals surface area contributed by atoms with E-state index in [1.165, 1.54) is 0 Å². The van der Waals surface area contributed by atoms with Gasteiger partial charge in [-0.05, 0) is 48.4 Å². The fourth-order valence-electron chi connectivity index (χ4n) is 2.22. The number of carbonyl (C=O) groups is 1. The van der Waals surface area contributed by atoms with E-state index in [-0.39, 0.29) is 5.89 Å². The van der Waals surface area contributed by atoms with Crippen LogP contribution in [0.1, 0.15) is 16.2 Å². The van der Waals surface area contributed by atoms with E-state index in [0.29, 0.717) is 23.8 Å². The van der Waals surface area contributed by atoms with Crippen molar-refractivity contribution in [2.45, 2.75) is 6.42 Å². The Labute approximate surface area is 149 Å². The van der Waals surface area contributed by atoms with Gasteiger partial charge in [0.05, 0.1) is 7.11 Å². The molecule has 0 saturated heterocycles. The summed E-state index contributed by atoms with van der Waals surface area (Å²) in [5.41, 5.74) is 1.82. The van der Waals surface area contributed by atoms with Gasteiger partial charge in [-0.2, -0.15) is 4.98 Å². The number of rotatable bonds is 6. The van der Waals surface area contributed by atoms with Crippen molar-refractivity contribution in [3.05, 3.63) is 65.0 Å². The minimum absolute atomic E-state index is 0.0677. The van der Waals surface area contributed by atoms with Gasteiger partial charge in [-0.15, -0.1) is 0 Å². The van der Waals surface area contributed by atoms with Crippen LogP contribution in [0.25, 0.3) is 11.4 Å². The first-order chi connectivity index (χ1) is 12.2. The molecule has 1 heterocycles. The van der Waals surface area contributed by atoms with E-state index >= 15 is 0 Å². The van der Waals surface area contributed by atoms with Crippen molar-refractivity contribution < 1.29 is 14.1 Å². The molecule has 1 aromatic heterocycles. The Hall–Kier alpha value is -2.86. The summed E-state index contributed by atoms with van der Waals surface area (Å²) in [6.07, 6.45) is 0.683. The van der Waals surface area contributed by atoms with Gasteiger partial charge in [0.25, 0.3) is 0 Å². The maximum Gasteiger partial charge on any atom is 0.316 e. The predicted octanol–water partition coefficient (Wildman–Crippen LogP) is 3.37. The summed E-state index contributed by atoms with van der Waals surface area (Å²) in [7, 11) is 1.59. The zero-order chi connectivity index (χ0) is 17.6. The highest BCUT2D eigenvalue weighted by molar-refractivity contribution is 6.30. The molecule has 0 aliphatic rings. The maximum absolute atomic E-state index is 12.1. The van der Waals surface area contributed by atoms with E-state index in [0.717, 1.165) is 16.9 Å². The number of nitrogens with one attached hydrogen (secondary N) is 1. The van der Waals surface area contributed by atoms with Gasteiger partial charge in [-0.25, -0.2) is 0 Å². The number of amides is 1. The Balaban J connectivity index is 1.57. The zero-order valence-corrected chi connectivity index (χ0v) is 14.3. The SMILES string of the molecule is COc1ccc(-c2noc(C(=O)NCCc3ccc(Cl)cc3)n2)cc1. The second kappa shape index (κ2) is 7.81. The lowest BCUT2D eigenvalue weighted by molar-refractivity contribution is 0.0910. The molecular weight excluding hydrogens is 342 g/mol. The Morgan fingerprint density at radius 3 is 2.56 bits per heavy atom. The van der Waals surface area contributed by atoms with E-state index in [1.807, 2.05) is 24.3 Å². The van der Waals surface area contributed by atoms with Crippen molar-refractivity contribution in [2.75, 3.05) is 13.7 Å². The maximum atomic E-state index is 12.1. The fraction of sp³-hybridized carbons (Fsp3) is 0.167. The largest absolute Gasteiger partial charge is 0.497 e. The topological polar surface area (TPSA) is 77.2 Å². The molecule has 1 N–H and O–H groups in total. The lowest BCUT2D eigenvalue weighted by Crippen LogP contribution is -2.25. The molecule has 2 aromatic carbocycles. The van der Waals surface area contributed by atoms with Gasteiger partial charge in [0.15, 0.2) is 0 Å². The number of nitrogens with zero attached hydrogens (tertiary/aromatic N) is 2. The summed E-state index contributed by atoms with van der Waals surface area (Å²) >= 11 is 5.84. The average Bonchev–Trinajstić information content (AvgIpc) is 3.13. The third-order valence-corrected chi connectivity index (χ3v) is 3.83. The minimum atomic E-state index is -0.402.